The van der Waals surface area contributed by atoms with E-state index in [-0.39, 0.29) is 29.3 Å². The summed E-state index contributed by atoms with van der Waals surface area (Å²) in [5, 5.41) is 0. The van der Waals surface area contributed by atoms with Crippen LogP contribution in [0.1, 0.15) is 27.2 Å². The highest BCUT2D eigenvalue weighted by molar-refractivity contribution is 5.93. The average molecular weight is 495 g/mol. The van der Waals surface area contributed by atoms with Crippen molar-refractivity contribution in [1.29, 1.82) is 0 Å². The topological polar surface area (TPSA) is 79.2 Å². The van der Waals surface area contributed by atoms with Crippen LogP contribution in [-0.4, -0.2) is 48.8 Å². The van der Waals surface area contributed by atoms with E-state index in [1.54, 1.807) is 16.7 Å². The Labute approximate surface area is 207 Å². The highest BCUT2D eigenvalue weighted by Gasteiger charge is 2.26. The molecule has 0 saturated heterocycles. The van der Waals surface area contributed by atoms with Gasteiger partial charge in [-0.2, -0.15) is 0 Å². The van der Waals surface area contributed by atoms with E-state index in [9.17, 15) is 14.0 Å². The second kappa shape index (κ2) is 10.4. The molecule has 0 bridgehead atoms. The summed E-state index contributed by atoms with van der Waals surface area (Å²) in [5.74, 6) is 0.744. The van der Waals surface area contributed by atoms with Gasteiger partial charge in [-0.05, 0) is 35.4 Å². The second-order valence-corrected chi connectivity index (χ2v) is 8.73. The molecule has 2 aromatic carbocycles. The largest absolute Gasteiger partial charge is 0.488 e. The number of methoxy groups -OCH3 is 1. The standard InChI is InChI=1S/C27H27FN2O6/c1-33-27(32)26-21-8-9-29(16-19-4-7-22-23(14-19)35-13-12-34-22)10-11-30(21)25(31)15-24(26)36-17-18-2-5-20(28)6-3-18/h2-7,14-15H,8-13,16-17H2,1H3. The predicted octanol–water partition coefficient (Wildman–Crippen LogP) is 3.18. The van der Waals surface area contributed by atoms with Gasteiger partial charge in [0.1, 0.15) is 37.0 Å². The molecule has 2 aliphatic heterocycles. The van der Waals surface area contributed by atoms with E-state index in [1.165, 1.54) is 25.3 Å². The number of nitrogens with zero attached hydrogens (tertiary/aromatic N) is 2. The molecule has 0 unspecified atom stereocenters. The summed E-state index contributed by atoms with van der Waals surface area (Å²) >= 11 is 0. The Morgan fingerprint density at radius 3 is 2.50 bits per heavy atom. The van der Waals surface area contributed by atoms with Crippen LogP contribution in [0, 0.1) is 5.82 Å². The summed E-state index contributed by atoms with van der Waals surface area (Å²) in [5.41, 5.74) is 2.39. The fourth-order valence-electron chi connectivity index (χ4n) is 4.57. The number of aromatic nitrogens is 1. The monoisotopic (exact) mass is 494 g/mol. The molecule has 0 N–H and O–H groups in total. The summed E-state index contributed by atoms with van der Waals surface area (Å²) in [7, 11) is 1.30. The van der Waals surface area contributed by atoms with Crippen molar-refractivity contribution in [1.82, 2.24) is 9.47 Å². The van der Waals surface area contributed by atoms with Crippen molar-refractivity contribution in [3.05, 3.63) is 87.1 Å². The molecular weight excluding hydrogens is 467 g/mol. The molecule has 0 saturated carbocycles. The normalized spacial score (nSPS) is 15.1. The van der Waals surface area contributed by atoms with Crippen LogP contribution in [0.5, 0.6) is 17.2 Å². The molecular formula is C27H27FN2O6. The number of benzene rings is 2. The van der Waals surface area contributed by atoms with E-state index >= 15 is 0 Å². The van der Waals surface area contributed by atoms with E-state index in [0.717, 1.165) is 17.1 Å². The molecule has 3 heterocycles. The number of esters is 1. The van der Waals surface area contributed by atoms with E-state index < -0.39 is 5.97 Å². The van der Waals surface area contributed by atoms with Crippen LogP contribution < -0.4 is 19.8 Å². The fraction of sp³-hybridized carbons (Fsp3) is 0.333. The first-order valence-electron chi connectivity index (χ1n) is 11.8. The minimum Gasteiger partial charge on any atom is -0.488 e. The summed E-state index contributed by atoms with van der Waals surface area (Å²) in [6.07, 6.45) is 0.470. The molecule has 8 nitrogen and oxygen atoms in total. The van der Waals surface area contributed by atoms with Gasteiger partial charge in [-0.1, -0.05) is 18.2 Å². The van der Waals surface area contributed by atoms with E-state index in [1.807, 2.05) is 18.2 Å². The van der Waals surface area contributed by atoms with E-state index in [4.69, 9.17) is 18.9 Å². The van der Waals surface area contributed by atoms with Crippen LogP contribution in [-0.2, 0) is 30.9 Å². The van der Waals surface area contributed by atoms with Gasteiger partial charge in [-0.3, -0.25) is 9.69 Å². The maximum atomic E-state index is 13.2. The van der Waals surface area contributed by atoms with Crippen molar-refractivity contribution >= 4 is 5.97 Å². The first-order valence-corrected chi connectivity index (χ1v) is 11.8. The van der Waals surface area contributed by atoms with Crippen molar-refractivity contribution < 1.29 is 28.1 Å². The highest BCUT2D eigenvalue weighted by atomic mass is 19.1. The first-order chi connectivity index (χ1) is 17.5. The first kappa shape index (κ1) is 23.9. The number of carbonyl (C=O) groups excluding carboxylic acids is 1. The lowest BCUT2D eigenvalue weighted by molar-refractivity contribution is 0.0592. The van der Waals surface area contributed by atoms with Crippen molar-refractivity contribution in [2.24, 2.45) is 0 Å². The number of rotatable bonds is 6. The molecule has 0 aliphatic carbocycles. The Hall–Kier alpha value is -3.85. The summed E-state index contributed by atoms with van der Waals surface area (Å²) < 4.78 is 37.1. The Morgan fingerprint density at radius 1 is 0.972 bits per heavy atom. The third-order valence-electron chi connectivity index (χ3n) is 6.40. The van der Waals surface area contributed by atoms with Crippen molar-refractivity contribution in [2.75, 3.05) is 33.4 Å². The van der Waals surface area contributed by atoms with Crippen LogP contribution >= 0.6 is 0 Å². The van der Waals surface area contributed by atoms with Crippen molar-refractivity contribution in [2.45, 2.75) is 26.1 Å². The zero-order valence-corrected chi connectivity index (χ0v) is 20.0. The molecule has 0 fully saturated rings. The average Bonchev–Trinajstić information content (AvgIpc) is 3.11. The van der Waals surface area contributed by atoms with Gasteiger partial charge < -0.3 is 23.5 Å². The van der Waals surface area contributed by atoms with Crippen LogP contribution in [0.25, 0.3) is 0 Å². The Balaban J connectivity index is 1.37. The zero-order chi connectivity index (χ0) is 25.1. The quantitative estimate of drug-likeness (QED) is 0.487. The van der Waals surface area contributed by atoms with Gasteiger partial charge in [0, 0.05) is 44.4 Å². The summed E-state index contributed by atoms with van der Waals surface area (Å²) in [6.45, 7) is 3.53. The summed E-state index contributed by atoms with van der Waals surface area (Å²) in [6, 6.07) is 13.1. The lowest BCUT2D eigenvalue weighted by Crippen LogP contribution is -2.29. The van der Waals surface area contributed by atoms with Gasteiger partial charge >= 0.3 is 5.97 Å². The molecule has 188 valence electrons. The third-order valence-corrected chi connectivity index (χ3v) is 6.40. The zero-order valence-electron chi connectivity index (χ0n) is 20.0. The molecule has 3 aromatic rings. The fourth-order valence-corrected chi connectivity index (χ4v) is 4.57. The molecule has 0 amide bonds. The molecule has 0 spiro atoms. The second-order valence-electron chi connectivity index (χ2n) is 8.73. The van der Waals surface area contributed by atoms with Gasteiger partial charge in [0.25, 0.3) is 5.56 Å². The van der Waals surface area contributed by atoms with Gasteiger partial charge in [0.15, 0.2) is 11.5 Å². The SMILES string of the molecule is COC(=O)c1c(OCc2ccc(F)cc2)cc(=O)n2c1CCN(Cc1ccc3c(c1)OCCO3)CC2. The van der Waals surface area contributed by atoms with Crippen LogP contribution in [0.2, 0.25) is 0 Å². The number of fused-ring (bicyclic) bond motifs is 2. The van der Waals surface area contributed by atoms with E-state index in [2.05, 4.69) is 4.90 Å². The maximum Gasteiger partial charge on any atom is 0.343 e. The van der Waals surface area contributed by atoms with Crippen LogP contribution in [0.4, 0.5) is 4.39 Å². The van der Waals surface area contributed by atoms with Gasteiger partial charge in [-0.25, -0.2) is 9.18 Å². The predicted molar refractivity (Wildman–Crippen MR) is 129 cm³/mol. The lowest BCUT2D eigenvalue weighted by atomic mass is 10.1. The van der Waals surface area contributed by atoms with Gasteiger partial charge in [-0.15, -0.1) is 0 Å². The lowest BCUT2D eigenvalue weighted by Gasteiger charge is -2.22. The van der Waals surface area contributed by atoms with Crippen molar-refractivity contribution in [3.63, 3.8) is 0 Å². The minimum atomic E-state index is -0.562. The van der Waals surface area contributed by atoms with Crippen molar-refractivity contribution in [3.8, 4) is 17.2 Å². The number of ether oxygens (including phenoxy) is 4. The molecule has 0 atom stereocenters. The van der Waals surface area contributed by atoms with Crippen LogP contribution in [0.3, 0.4) is 0 Å². The minimum absolute atomic E-state index is 0.0867. The number of carbonyl (C=O) groups is 1. The third kappa shape index (κ3) is 5.06. The molecule has 36 heavy (non-hydrogen) atoms. The van der Waals surface area contributed by atoms with Crippen LogP contribution in [0.15, 0.2) is 53.3 Å². The Kier molecular flexibility index (Phi) is 6.90. The highest BCUT2D eigenvalue weighted by Crippen LogP contribution is 2.31. The Bertz CT molecular complexity index is 1320. The van der Waals surface area contributed by atoms with Gasteiger partial charge in [0.05, 0.1) is 7.11 Å². The molecule has 0 radical (unpaired) electrons. The maximum absolute atomic E-state index is 13.2. The smallest absolute Gasteiger partial charge is 0.343 e. The molecule has 9 heteroatoms. The molecule has 5 rings (SSSR count). The number of pyridine rings is 1. The van der Waals surface area contributed by atoms with E-state index in [0.29, 0.717) is 57.1 Å². The molecule has 1 aromatic heterocycles. The molecule has 2 aliphatic rings. The van der Waals surface area contributed by atoms with Gasteiger partial charge in [0.2, 0.25) is 0 Å². The number of halogens is 1. The number of hydrogen-bond acceptors (Lipinski definition) is 7. The Morgan fingerprint density at radius 2 is 1.72 bits per heavy atom. The number of hydrogen-bond donors (Lipinski definition) is 0. The summed E-state index contributed by atoms with van der Waals surface area (Å²) in [4.78, 5) is 28.0.